The van der Waals surface area contributed by atoms with E-state index in [0.717, 1.165) is 0 Å². The van der Waals surface area contributed by atoms with Crippen LogP contribution in [0.2, 0.25) is 0 Å². The Hall–Kier alpha value is -2.02. The molecule has 0 saturated carbocycles. The fourth-order valence-electron chi connectivity index (χ4n) is 3.50. The molecule has 0 aliphatic carbocycles. The van der Waals surface area contributed by atoms with Gasteiger partial charge in [-0.05, 0) is 55.5 Å². The molecule has 0 bridgehead atoms. The van der Waals surface area contributed by atoms with E-state index in [2.05, 4.69) is 147 Å². The van der Waals surface area contributed by atoms with Crippen molar-refractivity contribution >= 4 is 38.6 Å². The summed E-state index contributed by atoms with van der Waals surface area (Å²) in [5, 5.41) is 5.55. The molecule has 0 N–H and O–H groups in total. The summed E-state index contributed by atoms with van der Waals surface area (Å²) >= 11 is 3.66. The molecular weight excluding hydrogens is 468 g/mol. The van der Waals surface area contributed by atoms with Crippen LogP contribution in [-0.4, -0.2) is 0 Å². The Kier molecular flexibility index (Phi) is 10.8. The zero-order valence-corrected chi connectivity index (χ0v) is 18.6. The standard InChI is InChI=1S/C24H20P.CHF2.ClH.Cu/c1-5-13-21(14-6-1)25(22-15-7-2-8-16-22,23-17-9-3-10-18-23)24-19-11-4-12-20-24;2-1-3;;/h1-20H;1H;1H;/q+1;-1;;+1/p-1. The van der Waals surface area contributed by atoms with Crippen LogP contribution in [0.1, 0.15) is 0 Å². The summed E-state index contributed by atoms with van der Waals surface area (Å²) in [4.78, 5) is 0. The molecule has 0 heterocycles. The Labute approximate surface area is 190 Å². The maximum atomic E-state index is 9.50. The molecule has 0 radical (unpaired) electrons. The predicted molar refractivity (Wildman–Crippen MR) is 124 cm³/mol. The van der Waals surface area contributed by atoms with Gasteiger partial charge in [0.1, 0.15) is 28.5 Å². The van der Waals surface area contributed by atoms with E-state index in [1.165, 1.54) is 21.2 Å². The minimum absolute atomic E-state index is 1.00. The molecule has 0 aromatic heterocycles. The average molecular weight is 489 g/mol. The molecule has 4 aromatic carbocycles. The van der Waals surface area contributed by atoms with Crippen molar-refractivity contribution in [3.05, 3.63) is 128 Å². The van der Waals surface area contributed by atoms with Crippen molar-refractivity contribution in [3.8, 4) is 0 Å². The SMILES string of the molecule is F[CH-]F.[Cl][Cu].c1ccc([P+](c2ccccc2)(c2ccccc2)c2ccccc2)cc1. The van der Waals surface area contributed by atoms with Gasteiger partial charge in [0.15, 0.2) is 0 Å². The van der Waals surface area contributed by atoms with Crippen molar-refractivity contribution in [3.63, 3.8) is 0 Å². The Balaban J connectivity index is 0.000000590. The van der Waals surface area contributed by atoms with Gasteiger partial charge in [0, 0.05) is 0 Å². The molecule has 0 atom stereocenters. The van der Waals surface area contributed by atoms with Crippen molar-refractivity contribution in [1.82, 2.24) is 0 Å². The van der Waals surface area contributed by atoms with Crippen molar-refractivity contribution in [2.75, 3.05) is 0 Å². The van der Waals surface area contributed by atoms with Crippen molar-refractivity contribution in [1.29, 1.82) is 0 Å². The second-order valence-corrected chi connectivity index (χ2v) is 9.50. The molecule has 0 unspecified atom stereocenters. The van der Waals surface area contributed by atoms with E-state index in [-0.39, 0.29) is 0 Å². The summed E-state index contributed by atoms with van der Waals surface area (Å²) in [7, 11) is 2.30. The topological polar surface area (TPSA) is 0 Å². The van der Waals surface area contributed by atoms with Gasteiger partial charge in [-0.25, -0.2) is 0 Å². The Morgan fingerprint density at radius 1 is 0.467 bits per heavy atom. The van der Waals surface area contributed by atoms with Gasteiger partial charge in [-0.1, -0.05) is 72.8 Å². The van der Waals surface area contributed by atoms with Crippen LogP contribution in [0.5, 0.6) is 0 Å². The van der Waals surface area contributed by atoms with Crippen molar-refractivity contribution in [2.45, 2.75) is 0 Å². The number of hydrogen-bond acceptors (Lipinski definition) is 0. The first-order valence-electron chi connectivity index (χ1n) is 9.09. The molecule has 30 heavy (non-hydrogen) atoms. The fraction of sp³-hybridized carbons (Fsp3) is 0. The van der Waals surface area contributed by atoms with Gasteiger partial charge in [0.2, 0.25) is 0 Å². The molecular formula is C25H21ClCuF2P. The smallest absolute Gasteiger partial charge is 0.0620 e. The van der Waals surface area contributed by atoms with Crippen molar-refractivity contribution < 1.29 is 23.9 Å². The zero-order valence-electron chi connectivity index (χ0n) is 16.0. The van der Waals surface area contributed by atoms with E-state index in [9.17, 15) is 8.78 Å². The third-order valence-electron chi connectivity index (χ3n) is 4.57. The normalized spacial score (nSPS) is 10.2. The van der Waals surface area contributed by atoms with Crippen molar-refractivity contribution in [2.24, 2.45) is 0 Å². The fourth-order valence-corrected chi connectivity index (χ4v) is 7.77. The Morgan fingerprint density at radius 2 is 0.633 bits per heavy atom. The summed E-state index contributed by atoms with van der Waals surface area (Å²) in [6.07, 6.45) is 0. The Morgan fingerprint density at radius 3 is 0.800 bits per heavy atom. The van der Waals surface area contributed by atoms with Gasteiger partial charge >= 0.3 is 25.2 Å². The number of halogens is 3. The zero-order chi connectivity index (χ0) is 21.7. The maximum Gasteiger partial charge on any atom is 0.144 e. The molecule has 0 aliphatic rings. The van der Waals surface area contributed by atoms with E-state index in [4.69, 9.17) is 0 Å². The first kappa shape index (κ1) is 24.3. The second-order valence-electron chi connectivity index (χ2n) is 6.10. The van der Waals surface area contributed by atoms with Gasteiger partial charge < -0.3 is 8.78 Å². The largest absolute Gasteiger partial charge is 0.144 e. The van der Waals surface area contributed by atoms with E-state index in [1.807, 2.05) is 0 Å². The predicted octanol–water partition coefficient (Wildman–Crippen LogP) is 6.04. The van der Waals surface area contributed by atoms with E-state index in [0.29, 0.717) is 0 Å². The molecule has 4 rings (SSSR count). The third kappa shape index (κ3) is 5.56. The van der Waals surface area contributed by atoms with Crippen LogP contribution in [0.3, 0.4) is 0 Å². The van der Waals surface area contributed by atoms with Crippen LogP contribution >= 0.6 is 17.4 Å². The quantitative estimate of drug-likeness (QED) is 0.186. The monoisotopic (exact) mass is 488 g/mol. The van der Waals surface area contributed by atoms with Crippen LogP contribution in [-0.2, 0) is 15.1 Å². The van der Waals surface area contributed by atoms with E-state index < -0.39 is 14.2 Å². The minimum atomic E-state index is -1.91. The molecule has 0 saturated heterocycles. The van der Waals surface area contributed by atoms with E-state index >= 15 is 0 Å². The molecule has 0 aliphatic heterocycles. The average Bonchev–Trinajstić information content (AvgIpc) is 2.84. The maximum absolute atomic E-state index is 9.50. The van der Waals surface area contributed by atoms with E-state index in [1.54, 1.807) is 0 Å². The Bertz CT molecular complexity index is 792. The first-order valence-corrected chi connectivity index (χ1v) is 12.2. The molecule has 158 valence electrons. The van der Waals surface area contributed by atoms with Crippen LogP contribution in [0.15, 0.2) is 121 Å². The van der Waals surface area contributed by atoms with Gasteiger partial charge in [0.25, 0.3) is 0 Å². The van der Waals surface area contributed by atoms with Crippen LogP contribution < -0.4 is 21.2 Å². The number of benzene rings is 4. The van der Waals surface area contributed by atoms with Crippen LogP contribution in [0, 0.1) is 6.93 Å². The van der Waals surface area contributed by atoms with Gasteiger partial charge in [-0.15, -0.1) is 0 Å². The summed E-state index contributed by atoms with van der Waals surface area (Å²) in [6.45, 7) is -1.00. The molecule has 0 amide bonds. The molecule has 4 aromatic rings. The summed E-state index contributed by atoms with van der Waals surface area (Å²) < 4.78 is 19.0. The summed E-state index contributed by atoms with van der Waals surface area (Å²) in [5.74, 6) is 0. The van der Waals surface area contributed by atoms with Gasteiger partial charge in [-0.2, -0.15) is 0 Å². The minimum Gasteiger partial charge on any atom is -0.0620 e. The summed E-state index contributed by atoms with van der Waals surface area (Å²) in [5.41, 5.74) is 0. The number of hydrogen-bond donors (Lipinski definition) is 0. The number of rotatable bonds is 4. The van der Waals surface area contributed by atoms with Crippen LogP contribution in [0.25, 0.3) is 0 Å². The third-order valence-corrected chi connectivity index (χ3v) is 8.86. The molecule has 5 heteroatoms. The van der Waals surface area contributed by atoms with Crippen LogP contribution in [0.4, 0.5) is 8.78 Å². The van der Waals surface area contributed by atoms with Gasteiger partial charge in [0.05, 0.1) is 0 Å². The molecule has 0 spiro atoms. The first-order chi connectivity index (χ1) is 14.8. The summed E-state index contributed by atoms with van der Waals surface area (Å²) in [6, 6.07) is 43.8. The molecule has 0 nitrogen and oxygen atoms in total. The second kappa shape index (κ2) is 13.3. The molecule has 0 fully saturated rings. The van der Waals surface area contributed by atoms with Gasteiger partial charge in [-0.3, -0.25) is 0 Å².